The minimum Gasteiger partial charge on any atom is -0.378 e. The highest BCUT2D eigenvalue weighted by Gasteiger charge is 2.46. The molecule has 2 aliphatic heterocycles. The van der Waals surface area contributed by atoms with Crippen molar-refractivity contribution in [3.8, 4) is 0 Å². The fourth-order valence-corrected chi connectivity index (χ4v) is 3.44. The zero-order valence-corrected chi connectivity index (χ0v) is 15.1. The summed E-state index contributed by atoms with van der Waals surface area (Å²) in [5.74, 6) is -0.705. The fourth-order valence-electron chi connectivity index (χ4n) is 3.44. The van der Waals surface area contributed by atoms with Crippen molar-refractivity contribution in [3.05, 3.63) is 29.8 Å². The van der Waals surface area contributed by atoms with E-state index >= 15 is 4.39 Å². The Balaban J connectivity index is 1.70. The smallest absolute Gasteiger partial charge is 0.378 e. The first-order chi connectivity index (χ1) is 13.2. The molecule has 3 rings (SSSR count). The first-order valence-electron chi connectivity index (χ1n) is 8.99. The van der Waals surface area contributed by atoms with E-state index in [-0.39, 0.29) is 32.5 Å². The third-order valence-corrected chi connectivity index (χ3v) is 4.89. The van der Waals surface area contributed by atoms with Crippen LogP contribution in [0, 0.1) is 0 Å². The van der Waals surface area contributed by atoms with Crippen molar-refractivity contribution in [2.24, 2.45) is 0 Å². The molecule has 6 nitrogen and oxygen atoms in total. The predicted molar refractivity (Wildman–Crippen MR) is 92.5 cm³/mol. The number of piperidine rings is 1. The van der Waals surface area contributed by atoms with Crippen LogP contribution in [-0.4, -0.2) is 66.8 Å². The Morgan fingerprint density at radius 3 is 2.43 bits per heavy atom. The van der Waals surface area contributed by atoms with E-state index < -0.39 is 41.6 Å². The summed E-state index contributed by atoms with van der Waals surface area (Å²) in [7, 11) is 0. The number of ether oxygens (including phenoxy) is 1. The van der Waals surface area contributed by atoms with E-state index in [9.17, 15) is 22.8 Å². The number of morpholine rings is 1. The van der Waals surface area contributed by atoms with Crippen LogP contribution in [0.1, 0.15) is 18.4 Å². The van der Waals surface area contributed by atoms with E-state index in [1.54, 1.807) is 0 Å². The number of nitrogens with zero attached hydrogens (tertiary/aromatic N) is 2. The van der Waals surface area contributed by atoms with Crippen molar-refractivity contribution in [3.63, 3.8) is 0 Å². The number of urea groups is 1. The first-order valence-corrected chi connectivity index (χ1v) is 8.99. The van der Waals surface area contributed by atoms with Crippen molar-refractivity contribution < 1.29 is 31.9 Å². The molecule has 2 saturated heterocycles. The minimum atomic E-state index is -4.64. The molecule has 0 bridgehead atoms. The standard InChI is InChI=1S/C18H21F4N3O3/c19-17(15(26)24-8-10-28-11-9-24)6-3-7-25(12-17)16(27)23-14-5-2-1-4-13(14)18(20,21)22/h1-2,4-5H,3,6-12H2,(H,23,27). The van der Waals surface area contributed by atoms with Gasteiger partial charge in [-0.25, -0.2) is 9.18 Å². The molecule has 10 heteroatoms. The molecule has 0 aliphatic carbocycles. The molecule has 28 heavy (non-hydrogen) atoms. The number of hydrogen-bond donors (Lipinski definition) is 1. The monoisotopic (exact) mass is 403 g/mol. The number of benzene rings is 1. The molecule has 0 aromatic heterocycles. The molecular weight excluding hydrogens is 382 g/mol. The van der Waals surface area contributed by atoms with Gasteiger partial charge in [0.2, 0.25) is 5.67 Å². The Kier molecular flexibility index (Phi) is 5.78. The molecule has 2 fully saturated rings. The van der Waals surface area contributed by atoms with Gasteiger partial charge in [-0.1, -0.05) is 12.1 Å². The number of carbonyl (C=O) groups excluding carboxylic acids is 2. The van der Waals surface area contributed by atoms with E-state index in [2.05, 4.69) is 5.32 Å². The van der Waals surface area contributed by atoms with Crippen molar-refractivity contribution in [1.82, 2.24) is 9.80 Å². The molecule has 3 amide bonds. The van der Waals surface area contributed by atoms with Gasteiger partial charge in [0.05, 0.1) is 31.0 Å². The number of anilines is 1. The van der Waals surface area contributed by atoms with Gasteiger partial charge in [-0.15, -0.1) is 0 Å². The van der Waals surface area contributed by atoms with E-state index in [1.807, 2.05) is 0 Å². The summed E-state index contributed by atoms with van der Waals surface area (Å²) in [6.45, 7) is 0.844. The second-order valence-corrected chi connectivity index (χ2v) is 6.87. The molecule has 154 valence electrons. The summed E-state index contributed by atoms with van der Waals surface area (Å²) in [6.07, 6.45) is -4.44. The van der Waals surface area contributed by atoms with Crippen molar-refractivity contribution >= 4 is 17.6 Å². The number of para-hydroxylation sites is 1. The maximum Gasteiger partial charge on any atom is 0.418 e. The van der Waals surface area contributed by atoms with Gasteiger partial charge in [0.25, 0.3) is 5.91 Å². The van der Waals surface area contributed by atoms with Gasteiger partial charge < -0.3 is 19.9 Å². The highest BCUT2D eigenvalue weighted by molar-refractivity contribution is 5.92. The topological polar surface area (TPSA) is 61.9 Å². The van der Waals surface area contributed by atoms with Crippen LogP contribution in [0.3, 0.4) is 0 Å². The van der Waals surface area contributed by atoms with Crippen molar-refractivity contribution in [2.75, 3.05) is 44.7 Å². The summed E-state index contributed by atoms with van der Waals surface area (Å²) in [6, 6.07) is 3.70. The van der Waals surface area contributed by atoms with Crippen molar-refractivity contribution in [2.45, 2.75) is 24.7 Å². The van der Waals surface area contributed by atoms with Crippen LogP contribution in [-0.2, 0) is 15.7 Å². The summed E-state index contributed by atoms with van der Waals surface area (Å²) in [4.78, 5) is 27.5. The summed E-state index contributed by atoms with van der Waals surface area (Å²) >= 11 is 0. The van der Waals surface area contributed by atoms with Gasteiger partial charge in [0.1, 0.15) is 0 Å². The normalized spacial score (nSPS) is 23.4. The van der Waals surface area contributed by atoms with Crippen molar-refractivity contribution in [1.29, 1.82) is 0 Å². The number of hydrogen-bond acceptors (Lipinski definition) is 3. The van der Waals surface area contributed by atoms with Crippen LogP contribution in [0.5, 0.6) is 0 Å². The summed E-state index contributed by atoms with van der Waals surface area (Å²) < 4.78 is 59.8. The lowest BCUT2D eigenvalue weighted by Crippen LogP contribution is -2.58. The largest absolute Gasteiger partial charge is 0.418 e. The van der Waals surface area contributed by atoms with Crippen LogP contribution in [0.25, 0.3) is 0 Å². The minimum absolute atomic E-state index is 0.0356. The van der Waals surface area contributed by atoms with Gasteiger partial charge in [0.15, 0.2) is 0 Å². The highest BCUT2D eigenvalue weighted by Crippen LogP contribution is 2.35. The van der Waals surface area contributed by atoms with Gasteiger partial charge in [-0.05, 0) is 25.0 Å². The van der Waals surface area contributed by atoms with E-state index in [4.69, 9.17) is 4.74 Å². The van der Waals surface area contributed by atoms with Gasteiger partial charge >= 0.3 is 12.2 Å². The average Bonchev–Trinajstić information content (AvgIpc) is 2.67. The first kappa shape index (κ1) is 20.4. The number of amides is 3. The molecule has 1 atom stereocenters. The fraction of sp³-hybridized carbons (Fsp3) is 0.556. The summed E-state index contributed by atoms with van der Waals surface area (Å²) in [5, 5.41) is 2.20. The maximum absolute atomic E-state index is 15.3. The average molecular weight is 403 g/mol. The maximum atomic E-state index is 15.3. The zero-order chi connectivity index (χ0) is 20.4. The third kappa shape index (κ3) is 4.37. The van der Waals surface area contributed by atoms with E-state index in [1.165, 1.54) is 17.0 Å². The molecule has 1 N–H and O–H groups in total. The van der Waals surface area contributed by atoms with Crippen LogP contribution in [0.2, 0.25) is 0 Å². The number of carbonyl (C=O) groups is 2. The SMILES string of the molecule is O=C(Nc1ccccc1C(F)(F)F)N1CCCC(F)(C(=O)N2CCOCC2)C1. The molecule has 2 heterocycles. The Hall–Kier alpha value is -2.36. The Labute approximate surface area is 159 Å². The van der Waals surface area contributed by atoms with Crippen LogP contribution < -0.4 is 5.32 Å². The lowest BCUT2D eigenvalue weighted by Gasteiger charge is -2.39. The molecule has 0 saturated carbocycles. The molecule has 0 radical (unpaired) electrons. The van der Waals surface area contributed by atoms with Crippen LogP contribution in [0.15, 0.2) is 24.3 Å². The number of alkyl halides is 4. The lowest BCUT2D eigenvalue weighted by molar-refractivity contribution is -0.151. The molecule has 1 unspecified atom stereocenters. The van der Waals surface area contributed by atoms with Gasteiger partial charge in [-0.3, -0.25) is 4.79 Å². The number of likely N-dealkylation sites (tertiary alicyclic amines) is 1. The van der Waals surface area contributed by atoms with Crippen LogP contribution in [0.4, 0.5) is 28.0 Å². The zero-order valence-electron chi connectivity index (χ0n) is 15.1. The number of rotatable bonds is 2. The molecule has 1 aromatic carbocycles. The highest BCUT2D eigenvalue weighted by atomic mass is 19.4. The Bertz CT molecular complexity index is 737. The van der Waals surface area contributed by atoms with E-state index in [0.29, 0.717) is 13.2 Å². The van der Waals surface area contributed by atoms with Gasteiger partial charge in [0, 0.05) is 19.6 Å². The van der Waals surface area contributed by atoms with E-state index in [0.717, 1.165) is 17.0 Å². The Morgan fingerprint density at radius 2 is 1.75 bits per heavy atom. The number of halogens is 4. The van der Waals surface area contributed by atoms with Crippen LogP contribution >= 0.6 is 0 Å². The quantitative estimate of drug-likeness (QED) is 0.773. The second-order valence-electron chi connectivity index (χ2n) is 6.87. The second kappa shape index (κ2) is 7.94. The summed E-state index contributed by atoms with van der Waals surface area (Å²) in [5.41, 5.74) is -3.65. The Morgan fingerprint density at radius 1 is 1.07 bits per heavy atom. The predicted octanol–water partition coefficient (Wildman–Crippen LogP) is 2.90. The molecule has 1 aromatic rings. The molecule has 0 spiro atoms. The third-order valence-electron chi connectivity index (χ3n) is 4.89. The lowest BCUT2D eigenvalue weighted by atomic mass is 9.93. The molecule has 2 aliphatic rings. The molecular formula is C18H21F4N3O3. The van der Waals surface area contributed by atoms with Gasteiger partial charge in [-0.2, -0.15) is 13.2 Å². The number of nitrogens with one attached hydrogen (secondary N) is 1.